The lowest BCUT2D eigenvalue weighted by Gasteiger charge is -2.47. The van der Waals surface area contributed by atoms with Crippen LogP contribution in [0.1, 0.15) is 38.3 Å². The van der Waals surface area contributed by atoms with Gasteiger partial charge in [0.25, 0.3) is 0 Å². The molecule has 1 heterocycles. The number of esters is 1. The monoisotopic (exact) mass is 384 g/mol. The summed E-state index contributed by atoms with van der Waals surface area (Å²) >= 11 is 0. The summed E-state index contributed by atoms with van der Waals surface area (Å²) in [6.45, 7) is 3.16. The number of alkyl halides is 3. The Morgan fingerprint density at radius 2 is 1.81 bits per heavy atom. The molecule has 0 spiro atoms. The maximum Gasteiger partial charge on any atom is 0.422 e. The number of amides is 1. The molecule has 2 fully saturated rings. The molecule has 1 saturated heterocycles. The summed E-state index contributed by atoms with van der Waals surface area (Å²) in [4.78, 5) is 28.2. The molecule has 1 aromatic carbocycles. The Morgan fingerprint density at radius 1 is 1.19 bits per heavy atom. The molecule has 2 aliphatic rings. The van der Waals surface area contributed by atoms with Crippen molar-refractivity contribution in [3.8, 4) is 0 Å². The Morgan fingerprint density at radius 3 is 2.37 bits per heavy atom. The summed E-state index contributed by atoms with van der Waals surface area (Å²) in [5, 5.41) is 0. The van der Waals surface area contributed by atoms with Crippen LogP contribution in [0.3, 0.4) is 0 Å². The highest BCUT2D eigenvalue weighted by atomic mass is 19.4. The van der Waals surface area contributed by atoms with Gasteiger partial charge in [-0.3, -0.25) is 9.69 Å². The van der Waals surface area contributed by atoms with Gasteiger partial charge < -0.3 is 9.64 Å². The number of piperazine rings is 1. The second kappa shape index (κ2) is 7.14. The Labute approximate surface area is 156 Å². The molecule has 0 N–H and O–H groups in total. The van der Waals surface area contributed by atoms with E-state index in [0.29, 0.717) is 6.54 Å². The molecule has 2 atom stereocenters. The summed E-state index contributed by atoms with van der Waals surface area (Å²) in [6, 6.07) is 8.81. The van der Waals surface area contributed by atoms with Crippen LogP contribution in [0.5, 0.6) is 0 Å². The van der Waals surface area contributed by atoms with Crippen LogP contribution in [0.2, 0.25) is 0 Å². The number of ether oxygens (including phenoxy) is 1. The van der Waals surface area contributed by atoms with Gasteiger partial charge in [0.05, 0.1) is 6.04 Å². The lowest BCUT2D eigenvalue weighted by atomic mass is 9.97. The lowest BCUT2D eigenvalue weighted by molar-refractivity contribution is -0.190. The van der Waals surface area contributed by atoms with Crippen LogP contribution in [-0.2, 0) is 14.3 Å². The van der Waals surface area contributed by atoms with Crippen LogP contribution < -0.4 is 0 Å². The molecular formula is C19H23F3N2O3. The van der Waals surface area contributed by atoms with Gasteiger partial charge in [-0.25, -0.2) is 4.79 Å². The van der Waals surface area contributed by atoms with Crippen LogP contribution in [0.15, 0.2) is 30.3 Å². The van der Waals surface area contributed by atoms with E-state index in [0.717, 1.165) is 18.4 Å². The maximum absolute atomic E-state index is 12.6. The number of halogens is 3. The summed E-state index contributed by atoms with van der Waals surface area (Å²) in [5.41, 5.74) is 0.925. The molecule has 0 aromatic heterocycles. The third-order valence-corrected chi connectivity index (χ3v) is 5.39. The Hall–Kier alpha value is -2.09. The Bertz CT molecular complexity index is 704. The van der Waals surface area contributed by atoms with Crippen molar-refractivity contribution in [2.24, 2.45) is 0 Å². The van der Waals surface area contributed by atoms with Crippen molar-refractivity contribution in [3.05, 3.63) is 35.9 Å². The summed E-state index contributed by atoms with van der Waals surface area (Å²) in [5.74, 6) is -2.49. The van der Waals surface area contributed by atoms with E-state index >= 15 is 0 Å². The zero-order valence-electron chi connectivity index (χ0n) is 15.3. The van der Waals surface area contributed by atoms with Gasteiger partial charge in [0, 0.05) is 24.7 Å². The molecule has 5 nitrogen and oxygen atoms in total. The minimum Gasteiger partial charge on any atom is -0.449 e. The number of benzene rings is 1. The average Bonchev–Trinajstić information content (AvgIpc) is 3.37. The van der Waals surface area contributed by atoms with Gasteiger partial charge >= 0.3 is 18.1 Å². The minimum absolute atomic E-state index is 0.00294. The van der Waals surface area contributed by atoms with Crippen LogP contribution >= 0.6 is 0 Å². The second-order valence-corrected chi connectivity index (χ2v) is 7.57. The van der Waals surface area contributed by atoms with Gasteiger partial charge in [0.2, 0.25) is 0 Å². The lowest BCUT2D eigenvalue weighted by Crippen LogP contribution is -2.59. The number of rotatable bonds is 3. The van der Waals surface area contributed by atoms with Gasteiger partial charge in [0.1, 0.15) is 0 Å². The normalized spacial score (nSPS) is 25.1. The Balaban J connectivity index is 1.81. The first-order valence-corrected chi connectivity index (χ1v) is 8.97. The molecule has 0 radical (unpaired) electrons. The zero-order chi connectivity index (χ0) is 19.8. The van der Waals surface area contributed by atoms with Crippen LogP contribution in [0.25, 0.3) is 0 Å². The summed E-state index contributed by atoms with van der Waals surface area (Å²) in [7, 11) is 0. The second-order valence-electron chi connectivity index (χ2n) is 7.57. The van der Waals surface area contributed by atoms with E-state index < -0.39 is 30.7 Å². The first kappa shape index (κ1) is 19.7. The van der Waals surface area contributed by atoms with Gasteiger partial charge in [-0.15, -0.1) is 0 Å². The molecule has 1 aliphatic carbocycles. The van der Waals surface area contributed by atoms with Crippen LogP contribution in [0.4, 0.5) is 13.2 Å². The molecule has 3 rings (SSSR count). The molecular weight excluding hydrogens is 361 g/mol. The molecule has 8 heteroatoms. The van der Waals surface area contributed by atoms with Crippen LogP contribution in [-0.4, -0.2) is 59.1 Å². The number of carbonyl (C=O) groups is 2. The van der Waals surface area contributed by atoms with E-state index in [1.807, 2.05) is 37.3 Å². The van der Waals surface area contributed by atoms with E-state index in [-0.39, 0.29) is 18.1 Å². The SMILES string of the molecule is C[C@@H]1CN(C(=O)C(=O)OCC(F)(F)F)[C@@H](c2ccccc2)CN1C1(C)CC1. The summed E-state index contributed by atoms with van der Waals surface area (Å²) in [6.07, 6.45) is -2.53. The van der Waals surface area contributed by atoms with E-state index in [1.165, 1.54) is 4.90 Å². The maximum atomic E-state index is 12.6. The third kappa shape index (κ3) is 4.43. The highest BCUT2D eigenvalue weighted by Gasteiger charge is 2.50. The van der Waals surface area contributed by atoms with E-state index in [9.17, 15) is 22.8 Å². The standard InChI is InChI=1S/C19H23F3N2O3/c1-13-10-23(16(25)17(26)27-12-19(20,21)22)15(14-6-4-3-5-7-14)11-24(13)18(2)8-9-18/h3-7,13,15H,8-12H2,1-2H3/t13-,15-/m1/s1. The quantitative estimate of drug-likeness (QED) is 0.594. The van der Waals surface area contributed by atoms with Crippen molar-refractivity contribution >= 4 is 11.9 Å². The van der Waals surface area contributed by atoms with Crippen molar-refractivity contribution in [2.45, 2.75) is 50.5 Å². The Kier molecular flexibility index (Phi) is 5.20. The topological polar surface area (TPSA) is 49.9 Å². The van der Waals surface area contributed by atoms with Crippen molar-refractivity contribution < 1.29 is 27.5 Å². The first-order chi connectivity index (χ1) is 12.6. The van der Waals surface area contributed by atoms with Gasteiger partial charge in [0.15, 0.2) is 6.61 Å². The predicted molar refractivity (Wildman–Crippen MR) is 91.7 cm³/mol. The largest absolute Gasteiger partial charge is 0.449 e. The molecule has 1 aromatic rings. The molecule has 148 valence electrons. The van der Waals surface area contributed by atoms with Crippen molar-refractivity contribution in [3.63, 3.8) is 0 Å². The van der Waals surface area contributed by atoms with Crippen molar-refractivity contribution in [1.29, 1.82) is 0 Å². The number of hydrogen-bond acceptors (Lipinski definition) is 4. The van der Waals surface area contributed by atoms with Gasteiger partial charge in [-0.2, -0.15) is 13.2 Å². The molecule has 0 unspecified atom stereocenters. The van der Waals surface area contributed by atoms with Crippen molar-refractivity contribution in [1.82, 2.24) is 9.80 Å². The molecule has 27 heavy (non-hydrogen) atoms. The fourth-order valence-corrected chi connectivity index (χ4v) is 3.71. The van der Waals surface area contributed by atoms with E-state index in [1.54, 1.807) is 0 Å². The smallest absolute Gasteiger partial charge is 0.422 e. The predicted octanol–water partition coefficient (Wildman–Crippen LogP) is 2.92. The molecule has 1 saturated carbocycles. The number of hydrogen-bond donors (Lipinski definition) is 0. The molecule has 0 bridgehead atoms. The third-order valence-electron chi connectivity index (χ3n) is 5.39. The number of carbonyl (C=O) groups excluding carboxylic acids is 2. The highest BCUT2D eigenvalue weighted by molar-refractivity contribution is 6.32. The van der Waals surface area contributed by atoms with Crippen LogP contribution in [0, 0.1) is 0 Å². The highest BCUT2D eigenvalue weighted by Crippen LogP contribution is 2.45. The number of nitrogens with zero attached hydrogens (tertiary/aromatic N) is 2. The van der Waals surface area contributed by atoms with E-state index in [2.05, 4.69) is 16.6 Å². The van der Waals surface area contributed by atoms with Gasteiger partial charge in [-0.1, -0.05) is 30.3 Å². The van der Waals surface area contributed by atoms with Gasteiger partial charge in [-0.05, 0) is 32.3 Å². The minimum atomic E-state index is -4.67. The fourth-order valence-electron chi connectivity index (χ4n) is 3.71. The van der Waals surface area contributed by atoms with Crippen molar-refractivity contribution in [2.75, 3.05) is 19.7 Å². The summed E-state index contributed by atoms with van der Waals surface area (Å²) < 4.78 is 41.1. The average molecular weight is 384 g/mol. The molecule has 1 amide bonds. The molecule has 1 aliphatic heterocycles. The first-order valence-electron chi connectivity index (χ1n) is 8.97. The fraction of sp³-hybridized carbons (Fsp3) is 0.579. The van der Waals surface area contributed by atoms with E-state index in [4.69, 9.17) is 0 Å². The zero-order valence-corrected chi connectivity index (χ0v) is 15.3.